The molecule has 1 aliphatic heterocycles. The smallest absolute Gasteiger partial charge is 0.0632 e. The first-order valence-corrected chi connectivity index (χ1v) is 7.34. The summed E-state index contributed by atoms with van der Waals surface area (Å²) >= 11 is 0. The Morgan fingerprint density at radius 3 is 2.68 bits per heavy atom. The second-order valence-electron chi connectivity index (χ2n) is 5.89. The Balaban J connectivity index is 2.11. The van der Waals surface area contributed by atoms with Gasteiger partial charge in [0.25, 0.3) is 0 Å². The molecule has 106 valence electrons. The van der Waals surface area contributed by atoms with E-state index >= 15 is 0 Å². The van der Waals surface area contributed by atoms with Crippen molar-refractivity contribution in [2.24, 2.45) is 5.73 Å². The molecule has 0 aromatic heterocycles. The summed E-state index contributed by atoms with van der Waals surface area (Å²) in [6.45, 7) is 4.66. The minimum absolute atomic E-state index is 0.389. The second kappa shape index (κ2) is 6.51. The Labute approximate surface area is 116 Å². The highest BCUT2D eigenvalue weighted by Gasteiger charge is 2.28. The lowest BCUT2D eigenvalue weighted by molar-refractivity contribution is 0.0428. The van der Waals surface area contributed by atoms with Crippen molar-refractivity contribution in [3.05, 3.63) is 35.9 Å². The fourth-order valence-corrected chi connectivity index (χ4v) is 2.99. The van der Waals surface area contributed by atoms with Crippen LogP contribution in [0.5, 0.6) is 0 Å². The predicted molar refractivity (Wildman–Crippen MR) is 78.9 cm³/mol. The Hall–Kier alpha value is -0.900. The molecule has 1 heterocycles. The van der Waals surface area contributed by atoms with Crippen molar-refractivity contribution in [3.63, 3.8) is 0 Å². The van der Waals surface area contributed by atoms with E-state index in [1.54, 1.807) is 0 Å². The number of hydrogen-bond acceptors (Lipinski definition) is 3. The molecular formula is C16H26N2O. The molecule has 0 aliphatic carbocycles. The van der Waals surface area contributed by atoms with E-state index in [1.807, 2.05) is 6.92 Å². The molecular weight excluding hydrogens is 236 g/mol. The zero-order valence-corrected chi connectivity index (χ0v) is 11.9. The topological polar surface area (TPSA) is 49.5 Å². The van der Waals surface area contributed by atoms with Gasteiger partial charge in [0.2, 0.25) is 0 Å². The molecule has 1 aromatic carbocycles. The molecule has 2 atom stereocenters. The summed E-state index contributed by atoms with van der Waals surface area (Å²) in [5.74, 6) is 0. The first-order valence-electron chi connectivity index (χ1n) is 7.34. The third-order valence-corrected chi connectivity index (χ3v) is 4.16. The Morgan fingerprint density at radius 2 is 2.00 bits per heavy atom. The van der Waals surface area contributed by atoms with E-state index in [4.69, 9.17) is 5.73 Å². The lowest BCUT2D eigenvalue weighted by atomic mass is 9.98. The highest BCUT2D eigenvalue weighted by Crippen LogP contribution is 2.29. The van der Waals surface area contributed by atoms with Crippen molar-refractivity contribution in [1.82, 2.24) is 4.90 Å². The van der Waals surface area contributed by atoms with Gasteiger partial charge in [-0.05, 0) is 51.3 Å². The average molecular weight is 262 g/mol. The highest BCUT2D eigenvalue weighted by atomic mass is 16.3. The van der Waals surface area contributed by atoms with Crippen LogP contribution in [-0.2, 0) is 0 Å². The molecule has 19 heavy (non-hydrogen) atoms. The fourth-order valence-electron chi connectivity index (χ4n) is 2.99. The SMILES string of the molecule is CC1(O)CCCN(C(CCN)c2ccccc2)CC1. The van der Waals surface area contributed by atoms with Gasteiger partial charge < -0.3 is 10.8 Å². The Bertz CT molecular complexity index is 378. The van der Waals surface area contributed by atoms with Gasteiger partial charge in [0.15, 0.2) is 0 Å². The van der Waals surface area contributed by atoms with Crippen molar-refractivity contribution in [3.8, 4) is 0 Å². The van der Waals surface area contributed by atoms with Gasteiger partial charge in [0, 0.05) is 12.6 Å². The van der Waals surface area contributed by atoms with Gasteiger partial charge in [0.05, 0.1) is 5.60 Å². The number of benzene rings is 1. The first kappa shape index (κ1) is 14.5. The minimum Gasteiger partial charge on any atom is -0.390 e. The summed E-state index contributed by atoms with van der Waals surface area (Å²) in [7, 11) is 0. The van der Waals surface area contributed by atoms with Gasteiger partial charge in [-0.1, -0.05) is 30.3 Å². The third kappa shape index (κ3) is 4.03. The molecule has 0 radical (unpaired) electrons. The molecule has 1 fully saturated rings. The van der Waals surface area contributed by atoms with Crippen LogP contribution in [0.2, 0.25) is 0 Å². The van der Waals surface area contributed by atoms with E-state index in [1.165, 1.54) is 5.56 Å². The minimum atomic E-state index is -0.501. The third-order valence-electron chi connectivity index (χ3n) is 4.16. The zero-order valence-electron chi connectivity index (χ0n) is 11.9. The van der Waals surface area contributed by atoms with E-state index < -0.39 is 5.60 Å². The van der Waals surface area contributed by atoms with E-state index in [-0.39, 0.29) is 0 Å². The number of likely N-dealkylation sites (tertiary alicyclic amines) is 1. The highest BCUT2D eigenvalue weighted by molar-refractivity contribution is 5.19. The van der Waals surface area contributed by atoms with Gasteiger partial charge >= 0.3 is 0 Å². The average Bonchev–Trinajstić information content (AvgIpc) is 2.58. The largest absolute Gasteiger partial charge is 0.390 e. The maximum atomic E-state index is 10.2. The lowest BCUT2D eigenvalue weighted by Gasteiger charge is -2.31. The molecule has 1 aromatic rings. The maximum Gasteiger partial charge on any atom is 0.0632 e. The van der Waals surface area contributed by atoms with Crippen LogP contribution in [-0.4, -0.2) is 35.2 Å². The van der Waals surface area contributed by atoms with Crippen molar-refractivity contribution < 1.29 is 5.11 Å². The molecule has 0 amide bonds. The normalized spacial score (nSPS) is 26.9. The summed E-state index contributed by atoms with van der Waals surface area (Å²) in [6, 6.07) is 11.0. The van der Waals surface area contributed by atoms with Gasteiger partial charge in [0.1, 0.15) is 0 Å². The van der Waals surface area contributed by atoms with Gasteiger partial charge in [-0.2, -0.15) is 0 Å². The first-order chi connectivity index (χ1) is 9.12. The van der Waals surface area contributed by atoms with Gasteiger partial charge in [-0.15, -0.1) is 0 Å². The van der Waals surface area contributed by atoms with Crippen molar-refractivity contribution in [1.29, 1.82) is 0 Å². The molecule has 0 spiro atoms. The molecule has 0 bridgehead atoms. The summed E-state index contributed by atoms with van der Waals surface area (Å²) in [4.78, 5) is 2.49. The van der Waals surface area contributed by atoms with E-state index in [0.717, 1.165) is 38.8 Å². The standard InChI is InChI=1S/C16H26N2O/c1-16(19)9-5-12-18(13-10-16)15(8-11-17)14-6-3-2-4-7-14/h2-4,6-7,15,19H,5,8-13,17H2,1H3. The fraction of sp³-hybridized carbons (Fsp3) is 0.625. The van der Waals surface area contributed by atoms with Crippen molar-refractivity contribution >= 4 is 0 Å². The van der Waals surface area contributed by atoms with Crippen LogP contribution < -0.4 is 5.73 Å². The molecule has 3 nitrogen and oxygen atoms in total. The Kier molecular flexibility index (Phi) is 4.97. The van der Waals surface area contributed by atoms with Crippen LogP contribution in [0.4, 0.5) is 0 Å². The molecule has 3 heteroatoms. The van der Waals surface area contributed by atoms with E-state index in [2.05, 4.69) is 35.2 Å². The van der Waals surface area contributed by atoms with Crippen LogP contribution in [0.15, 0.2) is 30.3 Å². The van der Waals surface area contributed by atoms with E-state index in [0.29, 0.717) is 12.6 Å². The summed E-state index contributed by atoms with van der Waals surface area (Å²) in [5, 5.41) is 10.2. The van der Waals surface area contributed by atoms with E-state index in [9.17, 15) is 5.11 Å². The molecule has 0 saturated carbocycles. The van der Waals surface area contributed by atoms with Crippen LogP contribution in [0.1, 0.15) is 44.2 Å². The predicted octanol–water partition coefficient (Wildman–Crippen LogP) is 2.31. The summed E-state index contributed by atoms with van der Waals surface area (Å²) in [6.07, 6.45) is 3.78. The number of nitrogens with zero attached hydrogens (tertiary/aromatic N) is 1. The molecule has 2 rings (SSSR count). The zero-order chi connectivity index (χ0) is 13.7. The number of hydrogen-bond donors (Lipinski definition) is 2. The monoisotopic (exact) mass is 262 g/mol. The molecule has 1 aliphatic rings. The summed E-state index contributed by atoms with van der Waals surface area (Å²) < 4.78 is 0. The van der Waals surface area contributed by atoms with Crippen LogP contribution in [0, 0.1) is 0 Å². The van der Waals surface area contributed by atoms with Gasteiger partial charge in [-0.25, -0.2) is 0 Å². The maximum absolute atomic E-state index is 10.2. The number of nitrogens with two attached hydrogens (primary N) is 1. The number of aliphatic hydroxyl groups is 1. The molecule has 3 N–H and O–H groups in total. The van der Waals surface area contributed by atoms with Crippen molar-refractivity contribution in [2.45, 2.75) is 44.2 Å². The van der Waals surface area contributed by atoms with Crippen molar-refractivity contribution in [2.75, 3.05) is 19.6 Å². The van der Waals surface area contributed by atoms with Crippen LogP contribution in [0.3, 0.4) is 0 Å². The van der Waals surface area contributed by atoms with Crippen LogP contribution >= 0.6 is 0 Å². The van der Waals surface area contributed by atoms with Crippen LogP contribution in [0.25, 0.3) is 0 Å². The quantitative estimate of drug-likeness (QED) is 0.875. The molecule has 1 saturated heterocycles. The Morgan fingerprint density at radius 1 is 1.26 bits per heavy atom. The van der Waals surface area contributed by atoms with Gasteiger partial charge in [-0.3, -0.25) is 4.90 Å². The summed E-state index contributed by atoms with van der Waals surface area (Å²) in [5.41, 5.74) is 6.63. The molecule has 2 unspecified atom stereocenters. The second-order valence-corrected chi connectivity index (χ2v) is 5.89. The number of rotatable bonds is 4. The lowest BCUT2D eigenvalue weighted by Crippen LogP contribution is -2.33.